The molecule has 0 fully saturated rings. The molecule has 0 spiro atoms. The summed E-state index contributed by atoms with van der Waals surface area (Å²) in [6, 6.07) is 1.89. The molecule has 3 N–H and O–H groups in total. The molecule has 1 aromatic carbocycles. The Kier molecular flexibility index (Phi) is 5.01. The van der Waals surface area contributed by atoms with Crippen LogP contribution in [0.5, 0.6) is 0 Å². The van der Waals surface area contributed by atoms with Crippen LogP contribution in [-0.4, -0.2) is 13.2 Å². The number of hydrazine groups is 1. The van der Waals surface area contributed by atoms with Crippen molar-refractivity contribution in [2.45, 2.75) is 39.8 Å². The fourth-order valence-electron chi connectivity index (χ4n) is 2.28. The van der Waals surface area contributed by atoms with Gasteiger partial charge >= 0.3 is 0 Å². The van der Waals surface area contributed by atoms with Crippen molar-refractivity contribution in [1.82, 2.24) is 5.43 Å². The van der Waals surface area contributed by atoms with Crippen LogP contribution in [0.4, 0.5) is 8.78 Å². The summed E-state index contributed by atoms with van der Waals surface area (Å²) in [5.74, 6) is 4.29. The summed E-state index contributed by atoms with van der Waals surface area (Å²) >= 11 is 0. The molecule has 0 aliphatic rings. The first-order valence-electron chi connectivity index (χ1n) is 6.17. The molecule has 2 unspecified atom stereocenters. The zero-order valence-electron chi connectivity index (χ0n) is 12.1. The predicted molar refractivity (Wildman–Crippen MR) is 71.4 cm³/mol. The molecule has 2 atom stereocenters. The highest BCUT2D eigenvalue weighted by Crippen LogP contribution is 2.34. The van der Waals surface area contributed by atoms with E-state index in [9.17, 15) is 8.78 Å². The van der Waals surface area contributed by atoms with Crippen LogP contribution in [0.2, 0.25) is 0 Å². The second-order valence-corrected chi connectivity index (χ2v) is 5.76. The Bertz CT molecular complexity index is 444. The molecule has 1 aromatic rings. The Morgan fingerprint density at radius 2 is 1.84 bits per heavy atom. The number of hydrogen-bond acceptors (Lipinski definition) is 3. The largest absolute Gasteiger partial charge is 0.379 e. The number of nitrogens with one attached hydrogen (secondary N) is 1. The number of nitrogens with two attached hydrogens (primary N) is 1. The van der Waals surface area contributed by atoms with Crippen LogP contribution < -0.4 is 11.3 Å². The van der Waals surface area contributed by atoms with E-state index in [2.05, 4.69) is 5.43 Å². The minimum absolute atomic E-state index is 0.0794. The van der Waals surface area contributed by atoms with E-state index in [1.54, 1.807) is 6.92 Å². The van der Waals surface area contributed by atoms with Crippen LogP contribution in [0, 0.1) is 24.0 Å². The van der Waals surface area contributed by atoms with E-state index in [1.807, 2.05) is 20.8 Å². The van der Waals surface area contributed by atoms with Gasteiger partial charge in [-0.2, -0.15) is 0 Å². The van der Waals surface area contributed by atoms with Crippen molar-refractivity contribution in [3.63, 3.8) is 0 Å². The molecule has 0 aliphatic carbocycles. The highest BCUT2D eigenvalue weighted by atomic mass is 19.1. The SMILES string of the molecule is COC(C(NN)c1c(F)ccc(C)c1F)C(C)(C)C. The molecule has 0 heterocycles. The quantitative estimate of drug-likeness (QED) is 0.654. The number of hydrogen-bond donors (Lipinski definition) is 2. The van der Waals surface area contributed by atoms with Crippen LogP contribution >= 0.6 is 0 Å². The van der Waals surface area contributed by atoms with Crippen molar-refractivity contribution in [2.24, 2.45) is 11.3 Å². The van der Waals surface area contributed by atoms with Gasteiger partial charge in [0.2, 0.25) is 0 Å². The van der Waals surface area contributed by atoms with Crippen LogP contribution in [0.3, 0.4) is 0 Å². The highest BCUT2D eigenvalue weighted by molar-refractivity contribution is 5.30. The maximum atomic E-state index is 14.2. The van der Waals surface area contributed by atoms with E-state index >= 15 is 0 Å². The first-order chi connectivity index (χ1) is 8.73. The lowest BCUT2D eigenvalue weighted by molar-refractivity contribution is -0.0137. The van der Waals surface area contributed by atoms with E-state index in [1.165, 1.54) is 19.2 Å². The van der Waals surface area contributed by atoms with E-state index in [4.69, 9.17) is 10.6 Å². The molecule has 1 rings (SSSR count). The van der Waals surface area contributed by atoms with E-state index in [0.29, 0.717) is 5.56 Å². The van der Waals surface area contributed by atoms with Crippen LogP contribution in [0.1, 0.15) is 37.9 Å². The Labute approximate surface area is 113 Å². The summed E-state index contributed by atoms with van der Waals surface area (Å²) in [5.41, 5.74) is 2.45. The second-order valence-electron chi connectivity index (χ2n) is 5.76. The maximum Gasteiger partial charge on any atom is 0.133 e. The fraction of sp³-hybridized carbons (Fsp3) is 0.571. The van der Waals surface area contributed by atoms with Crippen molar-refractivity contribution in [2.75, 3.05) is 7.11 Å². The smallest absolute Gasteiger partial charge is 0.133 e. The fourth-order valence-corrected chi connectivity index (χ4v) is 2.28. The van der Waals surface area contributed by atoms with Gasteiger partial charge in [-0.1, -0.05) is 26.8 Å². The number of rotatable bonds is 4. The zero-order chi connectivity index (χ0) is 14.8. The minimum atomic E-state index is -0.759. The third-order valence-corrected chi connectivity index (χ3v) is 3.22. The number of benzene rings is 1. The molecule has 0 amide bonds. The normalized spacial score (nSPS) is 15.4. The van der Waals surface area contributed by atoms with Gasteiger partial charge in [-0.05, 0) is 24.0 Å². The third-order valence-electron chi connectivity index (χ3n) is 3.22. The molecule has 0 aromatic heterocycles. The van der Waals surface area contributed by atoms with Crippen molar-refractivity contribution in [3.8, 4) is 0 Å². The molecule has 0 bridgehead atoms. The Hall–Kier alpha value is -1.04. The summed E-state index contributed by atoms with van der Waals surface area (Å²) in [6.45, 7) is 7.37. The summed E-state index contributed by atoms with van der Waals surface area (Å²) in [7, 11) is 1.51. The van der Waals surface area contributed by atoms with Gasteiger partial charge in [-0.25, -0.2) is 8.78 Å². The minimum Gasteiger partial charge on any atom is -0.379 e. The highest BCUT2D eigenvalue weighted by Gasteiger charge is 2.36. The van der Waals surface area contributed by atoms with Crippen molar-refractivity contribution in [3.05, 3.63) is 34.9 Å². The lowest BCUT2D eigenvalue weighted by Gasteiger charge is -2.36. The van der Waals surface area contributed by atoms with Crippen molar-refractivity contribution >= 4 is 0 Å². The van der Waals surface area contributed by atoms with Gasteiger partial charge in [0.15, 0.2) is 0 Å². The number of aryl methyl sites for hydroxylation is 1. The third kappa shape index (κ3) is 3.29. The molecule has 5 heteroatoms. The molecule has 108 valence electrons. The summed E-state index contributed by atoms with van der Waals surface area (Å²) < 4.78 is 33.6. The summed E-state index contributed by atoms with van der Waals surface area (Å²) in [5, 5.41) is 0. The van der Waals surface area contributed by atoms with Gasteiger partial charge in [0.25, 0.3) is 0 Å². The average molecular weight is 272 g/mol. The number of halogens is 2. The maximum absolute atomic E-state index is 14.2. The van der Waals surface area contributed by atoms with E-state index in [-0.39, 0.29) is 11.0 Å². The van der Waals surface area contributed by atoms with Gasteiger partial charge in [0.1, 0.15) is 11.6 Å². The summed E-state index contributed by atoms with van der Waals surface area (Å²) in [6.07, 6.45) is -0.469. The first kappa shape index (κ1) is 16.0. The van der Waals surface area contributed by atoms with Gasteiger partial charge < -0.3 is 4.74 Å². The second kappa shape index (κ2) is 5.94. The monoisotopic (exact) mass is 272 g/mol. The topological polar surface area (TPSA) is 47.3 Å². The Morgan fingerprint density at radius 3 is 2.26 bits per heavy atom. The van der Waals surface area contributed by atoms with Crippen LogP contribution in [-0.2, 0) is 4.74 Å². The molecule has 0 saturated heterocycles. The number of methoxy groups -OCH3 is 1. The molecule has 0 radical (unpaired) electrons. The van der Waals surface area contributed by atoms with E-state index < -0.39 is 23.8 Å². The average Bonchev–Trinajstić information content (AvgIpc) is 2.31. The van der Waals surface area contributed by atoms with Crippen molar-refractivity contribution < 1.29 is 13.5 Å². The van der Waals surface area contributed by atoms with Crippen LogP contribution in [0.25, 0.3) is 0 Å². The standard InChI is InChI=1S/C14H22F2N2O/c1-8-6-7-9(15)10(11(8)16)12(18-17)13(19-5)14(2,3)4/h6-7,12-13,18H,17H2,1-5H3. The zero-order valence-corrected chi connectivity index (χ0v) is 12.1. The predicted octanol–water partition coefficient (Wildman–Crippen LogP) is 2.84. The van der Waals surface area contributed by atoms with Gasteiger partial charge in [0.05, 0.1) is 12.1 Å². The molecule has 0 aliphatic heterocycles. The number of ether oxygens (including phenoxy) is 1. The van der Waals surface area contributed by atoms with Gasteiger partial charge in [-0.15, -0.1) is 0 Å². The molecule has 0 saturated carbocycles. The molecular formula is C14H22F2N2O. The summed E-state index contributed by atoms with van der Waals surface area (Å²) in [4.78, 5) is 0. The van der Waals surface area contributed by atoms with Crippen molar-refractivity contribution in [1.29, 1.82) is 0 Å². The Balaban J connectivity index is 3.35. The van der Waals surface area contributed by atoms with E-state index in [0.717, 1.165) is 0 Å². The lowest BCUT2D eigenvalue weighted by Crippen LogP contribution is -2.45. The lowest BCUT2D eigenvalue weighted by atomic mass is 9.81. The molecule has 3 nitrogen and oxygen atoms in total. The van der Waals surface area contributed by atoms with Crippen LogP contribution in [0.15, 0.2) is 12.1 Å². The Morgan fingerprint density at radius 1 is 1.26 bits per heavy atom. The molecular weight excluding hydrogens is 250 g/mol. The molecule has 19 heavy (non-hydrogen) atoms. The van der Waals surface area contributed by atoms with Gasteiger partial charge in [-0.3, -0.25) is 11.3 Å². The first-order valence-corrected chi connectivity index (χ1v) is 6.17. The van der Waals surface area contributed by atoms with Gasteiger partial charge in [0, 0.05) is 12.7 Å².